The van der Waals surface area contributed by atoms with E-state index in [1.54, 1.807) is 0 Å². The van der Waals surface area contributed by atoms with Gasteiger partial charge in [0.05, 0.1) is 5.92 Å². The Morgan fingerprint density at radius 1 is 1.24 bits per heavy atom. The number of carbonyl (C=O) groups is 1. The van der Waals surface area contributed by atoms with Gasteiger partial charge in [-0.3, -0.25) is 4.79 Å². The third-order valence-corrected chi connectivity index (χ3v) is 4.80. The Morgan fingerprint density at radius 3 is 2.65 bits per heavy atom. The lowest BCUT2D eigenvalue weighted by Crippen LogP contribution is -2.43. The number of amides is 1. The topological polar surface area (TPSA) is 20.3 Å². The van der Waals surface area contributed by atoms with E-state index in [0.29, 0.717) is 10.7 Å². The van der Waals surface area contributed by atoms with Crippen molar-refractivity contribution in [1.29, 1.82) is 0 Å². The van der Waals surface area contributed by atoms with Gasteiger partial charge in [-0.2, -0.15) is 0 Å². The monoisotopic (exact) mass is 293 g/mol. The Bertz CT molecular complexity index is 438. The first-order valence-corrected chi connectivity index (χ1v) is 7.18. The molecule has 1 aromatic rings. The maximum Gasteiger partial charge on any atom is 0.230 e. The van der Waals surface area contributed by atoms with Crippen molar-refractivity contribution >= 4 is 21.8 Å². The van der Waals surface area contributed by atoms with E-state index < -0.39 is 0 Å². The van der Waals surface area contributed by atoms with Gasteiger partial charge in [0.1, 0.15) is 0 Å². The van der Waals surface area contributed by atoms with Gasteiger partial charge < -0.3 is 4.90 Å². The van der Waals surface area contributed by atoms with Crippen LogP contribution >= 0.6 is 15.9 Å². The highest BCUT2D eigenvalue weighted by Crippen LogP contribution is 2.36. The average molecular weight is 294 g/mol. The molecule has 0 saturated carbocycles. The van der Waals surface area contributed by atoms with Crippen molar-refractivity contribution in [3.8, 4) is 0 Å². The minimum Gasteiger partial charge on any atom is -0.342 e. The molecule has 1 aliphatic carbocycles. The molecule has 90 valence electrons. The van der Waals surface area contributed by atoms with Crippen LogP contribution in [0.1, 0.15) is 29.9 Å². The predicted octanol–water partition coefficient (Wildman–Crippen LogP) is 2.71. The highest BCUT2D eigenvalue weighted by atomic mass is 79.9. The second-order valence-electron chi connectivity index (χ2n) is 4.96. The van der Waals surface area contributed by atoms with Gasteiger partial charge in [-0.15, -0.1) is 0 Å². The van der Waals surface area contributed by atoms with Crippen molar-refractivity contribution in [2.24, 2.45) is 0 Å². The summed E-state index contributed by atoms with van der Waals surface area (Å²) in [5.74, 6) is 0.473. The molecule has 3 heteroatoms. The highest BCUT2D eigenvalue weighted by Gasteiger charge is 2.35. The molecule has 1 amide bonds. The lowest BCUT2D eigenvalue weighted by atomic mass is 9.76. The number of nitrogens with zero attached hydrogens (tertiary/aromatic N) is 1. The Hall–Kier alpha value is -0.830. The number of rotatable bonds is 1. The zero-order valence-corrected chi connectivity index (χ0v) is 11.3. The summed E-state index contributed by atoms with van der Waals surface area (Å²) in [6.07, 6.45) is 3.10. The van der Waals surface area contributed by atoms with Crippen molar-refractivity contribution in [2.45, 2.75) is 30.0 Å². The van der Waals surface area contributed by atoms with Crippen LogP contribution < -0.4 is 0 Å². The smallest absolute Gasteiger partial charge is 0.230 e. The first-order valence-electron chi connectivity index (χ1n) is 6.26. The first-order chi connectivity index (χ1) is 8.25. The summed E-state index contributed by atoms with van der Waals surface area (Å²) in [6, 6.07) is 8.31. The van der Waals surface area contributed by atoms with E-state index in [9.17, 15) is 4.79 Å². The molecule has 1 aromatic carbocycles. The van der Waals surface area contributed by atoms with Crippen LogP contribution in [0.25, 0.3) is 0 Å². The Kier molecular flexibility index (Phi) is 2.95. The summed E-state index contributed by atoms with van der Waals surface area (Å²) in [5, 5.41) is 0. The normalized spacial score (nSPS) is 24.1. The number of fused-ring (bicyclic) bond motifs is 1. The van der Waals surface area contributed by atoms with Crippen LogP contribution in [0.3, 0.4) is 0 Å². The molecule has 1 saturated heterocycles. The Balaban J connectivity index is 1.69. The highest BCUT2D eigenvalue weighted by molar-refractivity contribution is 9.09. The summed E-state index contributed by atoms with van der Waals surface area (Å²) in [7, 11) is 0. The van der Waals surface area contributed by atoms with E-state index in [-0.39, 0.29) is 5.92 Å². The van der Waals surface area contributed by atoms with Gasteiger partial charge in [-0.1, -0.05) is 40.2 Å². The van der Waals surface area contributed by atoms with Crippen LogP contribution in [0, 0.1) is 0 Å². The van der Waals surface area contributed by atoms with Gasteiger partial charge in [0.2, 0.25) is 5.91 Å². The molecule has 17 heavy (non-hydrogen) atoms. The second kappa shape index (κ2) is 4.45. The van der Waals surface area contributed by atoms with Crippen molar-refractivity contribution in [3.63, 3.8) is 0 Å². The quantitative estimate of drug-likeness (QED) is 0.729. The lowest BCUT2D eigenvalue weighted by Gasteiger charge is -2.36. The maximum absolute atomic E-state index is 12.4. The van der Waals surface area contributed by atoms with E-state index in [0.717, 1.165) is 32.4 Å². The molecular weight excluding hydrogens is 278 g/mol. The fourth-order valence-corrected chi connectivity index (χ4v) is 3.18. The number of likely N-dealkylation sites (tertiary alicyclic amines) is 1. The number of carbonyl (C=O) groups excluding carboxylic acids is 1. The van der Waals surface area contributed by atoms with Crippen LogP contribution in [0.15, 0.2) is 24.3 Å². The molecule has 3 rings (SSSR count). The van der Waals surface area contributed by atoms with Crippen molar-refractivity contribution < 1.29 is 4.79 Å². The molecule has 1 atom stereocenters. The molecular formula is C14H16BrNO. The van der Waals surface area contributed by atoms with Crippen LogP contribution in [0.4, 0.5) is 0 Å². The van der Waals surface area contributed by atoms with E-state index in [1.807, 2.05) is 11.0 Å². The molecule has 0 bridgehead atoms. The molecule has 1 heterocycles. The molecule has 0 N–H and O–H groups in total. The minimum absolute atomic E-state index is 0.137. The third-order valence-electron chi connectivity index (χ3n) is 3.89. The third kappa shape index (κ3) is 2.01. The van der Waals surface area contributed by atoms with Gasteiger partial charge in [0.25, 0.3) is 0 Å². The van der Waals surface area contributed by atoms with E-state index in [4.69, 9.17) is 0 Å². The number of hydrogen-bond acceptors (Lipinski definition) is 1. The molecule has 1 fully saturated rings. The standard InChI is InChI=1S/C14H16BrNO/c15-11-5-7-16(8-6-11)14(17)13-9-10-3-1-2-4-12(10)13/h1-4,11,13H,5-9H2. The SMILES string of the molecule is O=C(C1Cc2ccccc21)N1CCC(Br)CC1. The zero-order chi connectivity index (χ0) is 11.8. The van der Waals surface area contributed by atoms with E-state index in [1.165, 1.54) is 11.1 Å². The molecule has 0 aromatic heterocycles. The van der Waals surface area contributed by atoms with Crippen LogP contribution in [0.2, 0.25) is 0 Å². The molecule has 1 unspecified atom stereocenters. The average Bonchev–Trinajstić information content (AvgIpc) is 2.31. The number of halogens is 1. The summed E-state index contributed by atoms with van der Waals surface area (Å²) < 4.78 is 0. The second-order valence-corrected chi connectivity index (χ2v) is 6.25. The number of benzene rings is 1. The van der Waals surface area contributed by atoms with Gasteiger partial charge in [0.15, 0.2) is 0 Å². The predicted molar refractivity (Wildman–Crippen MR) is 71.4 cm³/mol. The largest absolute Gasteiger partial charge is 0.342 e. The van der Waals surface area contributed by atoms with Crippen molar-refractivity contribution in [2.75, 3.05) is 13.1 Å². The van der Waals surface area contributed by atoms with E-state index >= 15 is 0 Å². The zero-order valence-electron chi connectivity index (χ0n) is 9.73. The fraction of sp³-hybridized carbons (Fsp3) is 0.500. The molecule has 2 nitrogen and oxygen atoms in total. The molecule has 1 aliphatic heterocycles. The first kappa shape index (κ1) is 11.3. The lowest BCUT2D eigenvalue weighted by molar-refractivity contribution is -0.134. The van der Waals surface area contributed by atoms with Gasteiger partial charge >= 0.3 is 0 Å². The number of piperidine rings is 1. The number of alkyl halides is 1. The molecule has 0 spiro atoms. The number of hydrogen-bond donors (Lipinski definition) is 0. The minimum atomic E-state index is 0.137. The van der Waals surface area contributed by atoms with Crippen molar-refractivity contribution in [1.82, 2.24) is 4.90 Å². The van der Waals surface area contributed by atoms with Crippen LogP contribution in [0.5, 0.6) is 0 Å². The van der Waals surface area contributed by atoms with Gasteiger partial charge in [-0.05, 0) is 30.4 Å². The van der Waals surface area contributed by atoms with Gasteiger partial charge in [0, 0.05) is 17.9 Å². The Morgan fingerprint density at radius 2 is 1.94 bits per heavy atom. The van der Waals surface area contributed by atoms with Gasteiger partial charge in [-0.25, -0.2) is 0 Å². The molecule has 2 aliphatic rings. The van der Waals surface area contributed by atoms with Crippen LogP contribution in [-0.4, -0.2) is 28.7 Å². The fourth-order valence-electron chi connectivity index (χ4n) is 2.77. The summed E-state index contributed by atoms with van der Waals surface area (Å²) in [5.41, 5.74) is 2.60. The van der Waals surface area contributed by atoms with Crippen LogP contribution in [-0.2, 0) is 11.2 Å². The summed E-state index contributed by atoms with van der Waals surface area (Å²) in [4.78, 5) is 15.0. The molecule has 0 radical (unpaired) electrons. The Labute approximate surface area is 110 Å². The summed E-state index contributed by atoms with van der Waals surface area (Å²) >= 11 is 3.62. The van der Waals surface area contributed by atoms with E-state index in [2.05, 4.69) is 34.1 Å². The summed E-state index contributed by atoms with van der Waals surface area (Å²) in [6.45, 7) is 1.82. The maximum atomic E-state index is 12.4. The van der Waals surface area contributed by atoms with Crippen molar-refractivity contribution in [3.05, 3.63) is 35.4 Å².